The summed E-state index contributed by atoms with van der Waals surface area (Å²) >= 11 is 17.8. The lowest BCUT2D eigenvalue weighted by molar-refractivity contribution is -0.133. The van der Waals surface area contributed by atoms with E-state index in [2.05, 4.69) is 0 Å². The van der Waals surface area contributed by atoms with Crippen LogP contribution in [0.15, 0.2) is 42.0 Å². The molecule has 0 saturated carbocycles. The quantitative estimate of drug-likeness (QED) is 0.800. The Morgan fingerprint density at radius 3 is 2.50 bits per heavy atom. The van der Waals surface area contributed by atoms with Crippen LogP contribution < -0.4 is 4.74 Å². The number of hydrogen-bond acceptors (Lipinski definition) is 2. The normalized spacial score (nSPS) is 16.5. The maximum Gasteiger partial charge on any atom is 0.335 e. The van der Waals surface area contributed by atoms with Crippen molar-refractivity contribution in [1.29, 1.82) is 0 Å². The zero-order valence-electron chi connectivity index (χ0n) is 11.0. The molecule has 6 heteroatoms. The lowest BCUT2D eigenvalue weighted by Gasteiger charge is -2.26. The van der Waals surface area contributed by atoms with E-state index in [4.69, 9.17) is 39.5 Å². The van der Waals surface area contributed by atoms with Gasteiger partial charge in [0.1, 0.15) is 5.75 Å². The zero-order chi connectivity index (χ0) is 15.9. The van der Waals surface area contributed by atoms with E-state index >= 15 is 0 Å². The first-order valence-electron chi connectivity index (χ1n) is 6.32. The van der Waals surface area contributed by atoms with Crippen molar-refractivity contribution in [3.8, 4) is 5.75 Å². The monoisotopic (exact) mass is 354 g/mol. The molecule has 0 aromatic heterocycles. The number of ether oxygens (including phenoxy) is 1. The van der Waals surface area contributed by atoms with Gasteiger partial charge in [-0.15, -0.1) is 0 Å². The Hall–Kier alpha value is -1.68. The van der Waals surface area contributed by atoms with Gasteiger partial charge in [0.2, 0.25) is 0 Å². The van der Waals surface area contributed by atoms with Crippen molar-refractivity contribution in [1.82, 2.24) is 0 Å². The summed E-state index contributed by atoms with van der Waals surface area (Å²) in [5, 5.41) is 10.7. The first kappa shape index (κ1) is 15.2. The molecule has 1 atom stereocenters. The van der Waals surface area contributed by atoms with Gasteiger partial charge in [-0.25, -0.2) is 4.79 Å². The average Bonchev–Trinajstić information content (AvgIpc) is 2.48. The van der Waals surface area contributed by atoms with Crippen molar-refractivity contribution in [2.45, 2.75) is 6.10 Å². The van der Waals surface area contributed by atoms with Gasteiger partial charge in [-0.3, -0.25) is 0 Å². The number of halogens is 3. The molecule has 3 nitrogen and oxygen atoms in total. The molecular formula is C16H9Cl3O3. The van der Waals surface area contributed by atoms with Crippen LogP contribution in [0.25, 0.3) is 6.08 Å². The van der Waals surface area contributed by atoms with Crippen molar-refractivity contribution in [3.05, 3.63) is 68.2 Å². The Morgan fingerprint density at radius 2 is 1.82 bits per heavy atom. The number of rotatable bonds is 2. The van der Waals surface area contributed by atoms with E-state index in [1.54, 1.807) is 42.5 Å². The molecule has 1 N–H and O–H groups in total. The van der Waals surface area contributed by atoms with Crippen LogP contribution in [0.3, 0.4) is 0 Å². The van der Waals surface area contributed by atoms with Gasteiger partial charge in [-0.05, 0) is 42.0 Å². The fourth-order valence-electron chi connectivity index (χ4n) is 2.27. The van der Waals surface area contributed by atoms with Gasteiger partial charge in [0, 0.05) is 10.6 Å². The summed E-state index contributed by atoms with van der Waals surface area (Å²) in [6, 6.07) is 9.95. The standard InChI is InChI=1S/C16H9Cl3O3/c17-10-2-4-14-9(5-10)6-11(16(20)21)15(22-14)8-1-3-12(18)13(19)7-8/h1-7,15H,(H,20,21). The van der Waals surface area contributed by atoms with Gasteiger partial charge in [0.05, 0.1) is 15.6 Å². The predicted molar refractivity (Wildman–Crippen MR) is 86.9 cm³/mol. The Balaban J connectivity index is 2.10. The molecule has 1 unspecified atom stereocenters. The molecule has 0 amide bonds. The predicted octanol–water partition coefficient (Wildman–Crippen LogP) is 5.25. The van der Waals surface area contributed by atoms with Crippen molar-refractivity contribution in [3.63, 3.8) is 0 Å². The fraction of sp³-hybridized carbons (Fsp3) is 0.0625. The van der Waals surface area contributed by atoms with Crippen LogP contribution in [0, 0.1) is 0 Å². The first-order valence-corrected chi connectivity index (χ1v) is 7.45. The highest BCUT2D eigenvalue weighted by molar-refractivity contribution is 6.42. The van der Waals surface area contributed by atoms with Crippen LogP contribution in [-0.4, -0.2) is 11.1 Å². The van der Waals surface area contributed by atoms with E-state index in [1.807, 2.05) is 0 Å². The molecule has 2 aromatic rings. The van der Waals surface area contributed by atoms with Crippen LogP contribution in [0.2, 0.25) is 15.1 Å². The van der Waals surface area contributed by atoms with Gasteiger partial charge < -0.3 is 9.84 Å². The molecule has 0 bridgehead atoms. The number of carboxylic acid groups (broad SMARTS) is 1. The summed E-state index contributed by atoms with van der Waals surface area (Å²) in [5.74, 6) is -0.507. The Morgan fingerprint density at radius 1 is 1.05 bits per heavy atom. The summed E-state index contributed by atoms with van der Waals surface area (Å²) in [5.41, 5.74) is 1.35. The van der Waals surface area contributed by atoms with Crippen molar-refractivity contribution >= 4 is 46.8 Å². The van der Waals surface area contributed by atoms with E-state index < -0.39 is 12.1 Å². The van der Waals surface area contributed by atoms with Gasteiger partial charge in [-0.1, -0.05) is 40.9 Å². The second-order valence-corrected chi connectivity index (χ2v) is 6.01. The molecule has 0 fully saturated rings. The minimum atomic E-state index is -1.07. The van der Waals surface area contributed by atoms with Gasteiger partial charge in [-0.2, -0.15) is 0 Å². The van der Waals surface area contributed by atoms with E-state index in [0.717, 1.165) is 0 Å². The molecule has 1 aliphatic heterocycles. The molecule has 0 saturated heterocycles. The minimum Gasteiger partial charge on any atom is -0.480 e. The third-order valence-electron chi connectivity index (χ3n) is 3.30. The minimum absolute atomic E-state index is 0.105. The molecule has 1 heterocycles. The average molecular weight is 356 g/mol. The summed E-state index contributed by atoms with van der Waals surface area (Å²) < 4.78 is 5.83. The number of benzene rings is 2. The maximum absolute atomic E-state index is 11.5. The van der Waals surface area contributed by atoms with E-state index in [9.17, 15) is 9.90 Å². The van der Waals surface area contributed by atoms with Gasteiger partial charge >= 0.3 is 5.97 Å². The largest absolute Gasteiger partial charge is 0.480 e. The topological polar surface area (TPSA) is 46.5 Å². The van der Waals surface area contributed by atoms with Crippen LogP contribution >= 0.6 is 34.8 Å². The Bertz CT molecular complexity index is 799. The highest BCUT2D eigenvalue weighted by Gasteiger charge is 2.29. The second kappa shape index (κ2) is 5.84. The molecule has 0 aliphatic carbocycles. The smallest absolute Gasteiger partial charge is 0.335 e. The highest BCUT2D eigenvalue weighted by Crippen LogP contribution is 2.39. The summed E-state index contributed by atoms with van der Waals surface area (Å²) in [6.45, 7) is 0. The third-order valence-corrected chi connectivity index (χ3v) is 4.28. The van der Waals surface area contributed by atoms with Crippen LogP contribution in [0.5, 0.6) is 5.75 Å². The number of aliphatic carboxylic acids is 1. The fourth-order valence-corrected chi connectivity index (χ4v) is 2.76. The first-order chi connectivity index (χ1) is 10.5. The molecule has 2 aromatic carbocycles. The van der Waals surface area contributed by atoms with Crippen molar-refractivity contribution in [2.75, 3.05) is 0 Å². The molecule has 0 spiro atoms. The van der Waals surface area contributed by atoms with Crippen LogP contribution in [0.1, 0.15) is 17.2 Å². The summed E-state index contributed by atoms with van der Waals surface area (Å²) in [7, 11) is 0. The maximum atomic E-state index is 11.5. The van der Waals surface area contributed by atoms with Gasteiger partial charge in [0.15, 0.2) is 6.10 Å². The molecular weight excluding hydrogens is 347 g/mol. The highest BCUT2D eigenvalue weighted by atomic mass is 35.5. The Labute approximate surface area is 141 Å². The number of hydrogen-bond donors (Lipinski definition) is 1. The third kappa shape index (κ3) is 2.80. The van der Waals surface area contributed by atoms with Crippen molar-refractivity contribution in [2.24, 2.45) is 0 Å². The van der Waals surface area contributed by atoms with Crippen molar-refractivity contribution < 1.29 is 14.6 Å². The van der Waals surface area contributed by atoms with Crippen LogP contribution in [0.4, 0.5) is 0 Å². The molecule has 112 valence electrons. The summed E-state index contributed by atoms with van der Waals surface area (Å²) in [4.78, 5) is 11.5. The molecule has 1 aliphatic rings. The lowest BCUT2D eigenvalue weighted by Crippen LogP contribution is -2.20. The van der Waals surface area contributed by atoms with E-state index in [-0.39, 0.29) is 5.57 Å². The van der Waals surface area contributed by atoms with Crippen LogP contribution in [-0.2, 0) is 4.79 Å². The van der Waals surface area contributed by atoms with E-state index in [0.29, 0.717) is 31.9 Å². The lowest BCUT2D eigenvalue weighted by atomic mass is 9.96. The zero-order valence-corrected chi connectivity index (χ0v) is 13.3. The molecule has 0 radical (unpaired) electrons. The number of carboxylic acids is 1. The number of fused-ring (bicyclic) bond motifs is 1. The van der Waals surface area contributed by atoms with E-state index in [1.165, 1.54) is 0 Å². The number of carbonyl (C=O) groups is 1. The summed E-state index contributed by atoms with van der Waals surface area (Å²) in [6.07, 6.45) is 0.793. The Kier molecular flexibility index (Phi) is 4.04. The molecule has 22 heavy (non-hydrogen) atoms. The SMILES string of the molecule is O=C(O)C1=Cc2cc(Cl)ccc2OC1c1ccc(Cl)c(Cl)c1. The van der Waals surface area contributed by atoms with Gasteiger partial charge in [0.25, 0.3) is 0 Å². The molecule has 3 rings (SSSR count). The second-order valence-electron chi connectivity index (χ2n) is 4.76.